The second kappa shape index (κ2) is 38.1. The first-order valence-corrected chi connectivity index (χ1v) is 27.0. The molecule has 0 aliphatic carbocycles. The largest absolute Gasteiger partial charge is 0.394 e. The summed E-state index contributed by atoms with van der Waals surface area (Å²) in [6.45, 7) is 1.52. The van der Waals surface area contributed by atoms with Gasteiger partial charge in [0.05, 0.1) is 38.6 Å². The van der Waals surface area contributed by atoms with Gasteiger partial charge in [-0.15, -0.1) is 0 Å². The van der Waals surface area contributed by atoms with Crippen molar-refractivity contribution in [1.82, 2.24) is 5.32 Å². The number of carbonyl (C=O) groups is 1. The van der Waals surface area contributed by atoms with Crippen LogP contribution in [0.1, 0.15) is 142 Å². The Bertz CT molecular complexity index is 1580. The molecule has 3 aliphatic heterocycles. The Morgan fingerprint density at radius 1 is 0.507 bits per heavy atom. The van der Waals surface area contributed by atoms with Gasteiger partial charge in [-0.3, -0.25) is 4.79 Å². The molecule has 0 aromatic heterocycles. The number of nitrogens with one attached hydrogen (secondary N) is 1. The lowest BCUT2D eigenvalue weighted by Gasteiger charge is -2.48. The predicted molar refractivity (Wildman–Crippen MR) is 272 cm³/mol. The van der Waals surface area contributed by atoms with E-state index >= 15 is 0 Å². The van der Waals surface area contributed by atoms with Crippen LogP contribution in [0.2, 0.25) is 0 Å². The fraction of sp³-hybridized carbons (Fsp3) is 0.796. The van der Waals surface area contributed by atoms with Crippen molar-refractivity contribution in [2.75, 3.05) is 26.4 Å². The van der Waals surface area contributed by atoms with Gasteiger partial charge in [-0.1, -0.05) is 139 Å². The third kappa shape index (κ3) is 23.3. The van der Waals surface area contributed by atoms with E-state index in [0.29, 0.717) is 6.42 Å². The lowest BCUT2D eigenvalue weighted by atomic mass is 9.96. The van der Waals surface area contributed by atoms with E-state index in [4.69, 9.17) is 28.4 Å². The monoisotopic (exact) mass is 1040 g/mol. The van der Waals surface area contributed by atoms with Crippen LogP contribution in [0.5, 0.6) is 0 Å². The minimum absolute atomic E-state index is 0.224. The van der Waals surface area contributed by atoms with Crippen molar-refractivity contribution in [3.63, 3.8) is 0 Å². The number of hydrogen-bond acceptors (Lipinski definition) is 18. The molecule has 0 radical (unpaired) electrons. The number of allylic oxidation sites excluding steroid dienone is 9. The SMILES string of the molecule is CC/C=C\C/C=C\C/C=C\C/C=C\CCCCCCCCC(=O)NC(COC1OC(CO)C(OC2OC(CO)C(OC3OC(CO)C(O)C(O)C3O)C(O)C2O)C(O)C1O)C(O)/C=C/CCCCCCCCC. The molecule has 3 saturated heterocycles. The van der Waals surface area contributed by atoms with Crippen molar-refractivity contribution in [1.29, 1.82) is 0 Å². The zero-order valence-corrected chi connectivity index (χ0v) is 43.3. The molecular formula is C54H93NO18. The average molecular weight is 1040 g/mol. The molecule has 3 heterocycles. The molecule has 0 saturated carbocycles. The predicted octanol–water partition coefficient (Wildman–Crippen LogP) is 2.92. The average Bonchev–Trinajstić information content (AvgIpc) is 3.39. The van der Waals surface area contributed by atoms with Crippen molar-refractivity contribution in [2.45, 2.75) is 247 Å². The Morgan fingerprint density at radius 3 is 1.48 bits per heavy atom. The molecule has 422 valence electrons. The van der Waals surface area contributed by atoms with Crippen molar-refractivity contribution in [3.05, 3.63) is 60.8 Å². The van der Waals surface area contributed by atoms with E-state index in [1.165, 1.54) is 25.7 Å². The first kappa shape index (κ1) is 64.8. The Hall–Kier alpha value is -2.51. The van der Waals surface area contributed by atoms with Gasteiger partial charge in [-0.25, -0.2) is 0 Å². The van der Waals surface area contributed by atoms with Gasteiger partial charge in [-0.2, -0.15) is 0 Å². The van der Waals surface area contributed by atoms with E-state index in [1.807, 2.05) is 6.08 Å². The van der Waals surface area contributed by atoms with Crippen molar-refractivity contribution >= 4 is 5.91 Å². The maximum absolute atomic E-state index is 13.2. The molecule has 17 atom stereocenters. The van der Waals surface area contributed by atoms with Crippen LogP contribution in [-0.2, 0) is 33.2 Å². The minimum atomic E-state index is -1.98. The molecule has 3 fully saturated rings. The number of unbranched alkanes of at least 4 members (excludes halogenated alkanes) is 13. The van der Waals surface area contributed by atoms with E-state index < -0.39 is 124 Å². The van der Waals surface area contributed by atoms with Gasteiger partial charge in [0.1, 0.15) is 73.2 Å². The lowest BCUT2D eigenvalue weighted by molar-refractivity contribution is -0.379. The number of amides is 1. The van der Waals surface area contributed by atoms with Gasteiger partial charge in [0.15, 0.2) is 18.9 Å². The summed E-state index contributed by atoms with van der Waals surface area (Å²) in [7, 11) is 0. The normalized spacial score (nSPS) is 32.2. The van der Waals surface area contributed by atoms with Gasteiger partial charge >= 0.3 is 0 Å². The van der Waals surface area contributed by atoms with E-state index in [-0.39, 0.29) is 18.9 Å². The van der Waals surface area contributed by atoms with Crippen LogP contribution in [0.15, 0.2) is 60.8 Å². The summed E-state index contributed by atoms with van der Waals surface area (Å²) in [5, 5.41) is 120. The van der Waals surface area contributed by atoms with Crippen LogP contribution in [-0.4, -0.2) is 193 Å². The van der Waals surface area contributed by atoms with Gasteiger partial charge < -0.3 is 89.9 Å². The number of carbonyl (C=O) groups excluding carboxylic acids is 1. The van der Waals surface area contributed by atoms with Crippen molar-refractivity contribution in [3.8, 4) is 0 Å². The molecule has 0 aromatic rings. The summed E-state index contributed by atoms with van der Waals surface area (Å²) in [5.74, 6) is -0.297. The molecule has 3 rings (SSSR count). The molecule has 3 aliphatic rings. The van der Waals surface area contributed by atoms with E-state index in [9.17, 15) is 61.0 Å². The summed E-state index contributed by atoms with van der Waals surface area (Å²) in [6, 6.07) is -0.980. The first-order valence-electron chi connectivity index (χ1n) is 27.0. The second-order valence-corrected chi connectivity index (χ2v) is 19.3. The molecule has 0 bridgehead atoms. The van der Waals surface area contributed by atoms with Gasteiger partial charge in [0.25, 0.3) is 0 Å². The molecule has 17 unspecified atom stereocenters. The highest BCUT2D eigenvalue weighted by Gasteiger charge is 2.53. The maximum atomic E-state index is 13.2. The van der Waals surface area contributed by atoms with Crippen molar-refractivity contribution in [2.24, 2.45) is 0 Å². The van der Waals surface area contributed by atoms with E-state index in [1.54, 1.807) is 6.08 Å². The Labute approximate surface area is 433 Å². The van der Waals surface area contributed by atoms with Gasteiger partial charge in [0, 0.05) is 6.42 Å². The smallest absolute Gasteiger partial charge is 0.220 e. The van der Waals surface area contributed by atoms with Crippen LogP contribution in [0.4, 0.5) is 0 Å². The van der Waals surface area contributed by atoms with Crippen molar-refractivity contribution < 1.29 is 89.4 Å². The topological polar surface area (TPSA) is 307 Å². The fourth-order valence-electron chi connectivity index (χ4n) is 8.83. The van der Waals surface area contributed by atoms with Crippen LogP contribution >= 0.6 is 0 Å². The molecule has 0 aromatic carbocycles. The Balaban J connectivity index is 1.52. The standard InChI is InChI=1S/C54H93NO18/c1-3-5-7-9-11-13-14-15-16-17-18-19-20-21-22-24-26-28-30-32-42(60)55-37(38(59)31-29-27-25-23-12-10-8-6-4-2)36-68-52-48(66)45(63)50(40(34-57)70-52)73-54-49(67)46(64)51(41(35-58)71-54)72-53-47(65)44(62)43(61)39(33-56)69-53/h5,7,11,13,15-16,18-19,29,31,37-41,43-54,56-59,61-67H,3-4,6,8-10,12,14,17,20-28,30,32-36H2,1-2H3,(H,55,60)/b7-5-,13-11-,16-15-,19-18-,31-29+. The molecular weight excluding hydrogens is 951 g/mol. The van der Waals surface area contributed by atoms with E-state index in [2.05, 4.69) is 67.8 Å². The number of rotatable bonds is 37. The molecule has 0 spiro atoms. The Morgan fingerprint density at radius 2 is 0.945 bits per heavy atom. The number of aliphatic hydroxyl groups is 11. The molecule has 19 nitrogen and oxygen atoms in total. The summed E-state index contributed by atoms with van der Waals surface area (Å²) in [5.41, 5.74) is 0. The first-order chi connectivity index (χ1) is 35.3. The minimum Gasteiger partial charge on any atom is -0.394 e. The highest BCUT2D eigenvalue weighted by atomic mass is 16.8. The fourth-order valence-corrected chi connectivity index (χ4v) is 8.83. The molecule has 12 N–H and O–H groups in total. The third-order valence-electron chi connectivity index (χ3n) is 13.3. The zero-order valence-electron chi connectivity index (χ0n) is 43.3. The summed E-state index contributed by atoms with van der Waals surface area (Å²) >= 11 is 0. The van der Waals surface area contributed by atoms with Gasteiger partial charge in [0.2, 0.25) is 5.91 Å². The van der Waals surface area contributed by atoms with E-state index in [0.717, 1.165) is 89.9 Å². The van der Waals surface area contributed by atoms with Crippen LogP contribution in [0.3, 0.4) is 0 Å². The van der Waals surface area contributed by atoms with Crippen LogP contribution in [0.25, 0.3) is 0 Å². The third-order valence-corrected chi connectivity index (χ3v) is 13.3. The Kier molecular flexibility index (Phi) is 33.8. The summed E-state index contributed by atoms with van der Waals surface area (Å²) in [4.78, 5) is 13.2. The lowest BCUT2D eigenvalue weighted by Crippen LogP contribution is -2.66. The summed E-state index contributed by atoms with van der Waals surface area (Å²) in [6.07, 6.45) is 13.7. The highest BCUT2D eigenvalue weighted by molar-refractivity contribution is 5.76. The zero-order chi connectivity index (χ0) is 53.4. The molecule has 73 heavy (non-hydrogen) atoms. The molecule has 19 heteroatoms. The summed E-state index contributed by atoms with van der Waals surface area (Å²) < 4.78 is 34.1. The number of hydrogen-bond donors (Lipinski definition) is 12. The van der Waals surface area contributed by atoms with Crippen LogP contribution in [0, 0.1) is 0 Å². The highest BCUT2D eigenvalue weighted by Crippen LogP contribution is 2.33. The second-order valence-electron chi connectivity index (χ2n) is 19.3. The van der Waals surface area contributed by atoms with Crippen LogP contribution < -0.4 is 5.32 Å². The molecule has 1 amide bonds. The number of ether oxygens (including phenoxy) is 6. The van der Waals surface area contributed by atoms with Gasteiger partial charge in [-0.05, 0) is 57.8 Å². The quantitative estimate of drug-likeness (QED) is 0.0315. The number of aliphatic hydroxyl groups excluding tert-OH is 11. The maximum Gasteiger partial charge on any atom is 0.220 e.